The van der Waals surface area contributed by atoms with Crippen LogP contribution in [0.2, 0.25) is 0 Å². The van der Waals surface area contributed by atoms with Crippen LogP contribution in [0.5, 0.6) is 0 Å². The first kappa shape index (κ1) is 24.5. The van der Waals surface area contributed by atoms with Gasteiger partial charge in [-0.3, -0.25) is 14.4 Å². The van der Waals surface area contributed by atoms with Crippen molar-refractivity contribution in [1.82, 2.24) is 5.32 Å². The first-order chi connectivity index (χ1) is 14.3. The van der Waals surface area contributed by atoms with Crippen LogP contribution in [0.1, 0.15) is 113 Å². The van der Waals surface area contributed by atoms with Crippen LogP contribution in [-0.2, 0) is 4.79 Å². The number of nitrogens with one attached hydrogen (secondary N) is 1. The quantitative estimate of drug-likeness (QED) is 0.262. The predicted octanol–water partition coefficient (Wildman–Crippen LogP) is 5.93. The van der Waals surface area contributed by atoms with Gasteiger partial charge in [-0.2, -0.15) is 0 Å². The van der Waals surface area contributed by atoms with Crippen molar-refractivity contribution in [1.29, 1.82) is 0 Å². The fourth-order valence-corrected chi connectivity index (χ4v) is 4.38. The Kier molecular flexibility index (Phi) is 9.41. The Morgan fingerprint density at radius 1 is 0.800 bits per heavy atom. The molecule has 0 saturated heterocycles. The van der Waals surface area contributed by atoms with Crippen LogP contribution in [-0.4, -0.2) is 28.9 Å². The molecule has 0 heterocycles. The Morgan fingerprint density at radius 3 is 1.90 bits per heavy atom. The minimum Gasteiger partial charge on any atom is -0.308 e. The molecule has 4 heteroatoms. The van der Waals surface area contributed by atoms with E-state index in [2.05, 4.69) is 12.2 Å². The molecule has 166 valence electrons. The van der Waals surface area contributed by atoms with Gasteiger partial charge in [-0.05, 0) is 27.2 Å². The standard InChI is InChI=1S/C26H39NO3/c1-5-6-7-8-9-10-11-12-13-18-21(27-26(2,3)4)22-23(28)19-16-14-15-17-20(19)24(29)25(22)30/h14-17,21-22,27H,5-13,18H2,1-4H3. The van der Waals surface area contributed by atoms with Crippen LogP contribution < -0.4 is 5.32 Å². The maximum absolute atomic E-state index is 13.1. The van der Waals surface area contributed by atoms with Gasteiger partial charge in [-0.15, -0.1) is 0 Å². The van der Waals surface area contributed by atoms with E-state index >= 15 is 0 Å². The van der Waals surface area contributed by atoms with Crippen molar-refractivity contribution in [3.63, 3.8) is 0 Å². The van der Waals surface area contributed by atoms with Gasteiger partial charge in [0.2, 0.25) is 11.6 Å². The molecule has 2 unspecified atom stereocenters. The second-order valence-corrected chi connectivity index (χ2v) is 9.70. The minimum absolute atomic E-state index is 0.215. The molecule has 0 amide bonds. The normalized spacial score (nSPS) is 17.9. The minimum atomic E-state index is -0.916. The maximum Gasteiger partial charge on any atom is 0.230 e. The molecule has 1 N–H and O–H groups in total. The molecular weight excluding hydrogens is 374 g/mol. The van der Waals surface area contributed by atoms with Crippen LogP contribution in [0.3, 0.4) is 0 Å². The van der Waals surface area contributed by atoms with Crippen molar-refractivity contribution in [3.8, 4) is 0 Å². The van der Waals surface area contributed by atoms with E-state index in [1.54, 1.807) is 24.3 Å². The summed E-state index contributed by atoms with van der Waals surface area (Å²) in [7, 11) is 0. The third kappa shape index (κ3) is 6.87. The summed E-state index contributed by atoms with van der Waals surface area (Å²) in [6, 6.07) is 6.39. The molecule has 1 aliphatic rings. The topological polar surface area (TPSA) is 63.2 Å². The molecule has 2 atom stereocenters. The number of unbranched alkanes of at least 4 members (excludes halogenated alkanes) is 8. The molecule has 30 heavy (non-hydrogen) atoms. The summed E-state index contributed by atoms with van der Waals surface area (Å²) in [5.74, 6) is -2.21. The molecule has 4 nitrogen and oxygen atoms in total. The molecule has 0 spiro atoms. The maximum atomic E-state index is 13.1. The first-order valence-corrected chi connectivity index (χ1v) is 11.8. The Labute approximate surface area is 182 Å². The van der Waals surface area contributed by atoms with Crippen LogP contribution in [0.15, 0.2) is 24.3 Å². The Morgan fingerprint density at radius 2 is 1.33 bits per heavy atom. The largest absolute Gasteiger partial charge is 0.308 e. The lowest BCUT2D eigenvalue weighted by Crippen LogP contribution is -2.54. The highest BCUT2D eigenvalue weighted by molar-refractivity contribution is 6.52. The summed E-state index contributed by atoms with van der Waals surface area (Å²) in [5, 5.41) is 3.47. The van der Waals surface area contributed by atoms with Gasteiger partial charge in [-0.25, -0.2) is 0 Å². The molecule has 0 fully saturated rings. The van der Waals surface area contributed by atoms with Gasteiger partial charge in [0.1, 0.15) is 5.92 Å². The molecule has 1 aromatic rings. The zero-order valence-corrected chi connectivity index (χ0v) is 19.3. The summed E-state index contributed by atoms with van der Waals surface area (Å²) in [6.45, 7) is 8.33. The molecule has 1 aliphatic carbocycles. The van der Waals surface area contributed by atoms with Crippen molar-refractivity contribution in [2.24, 2.45) is 5.92 Å². The van der Waals surface area contributed by atoms with Crippen molar-refractivity contribution < 1.29 is 14.4 Å². The lowest BCUT2D eigenvalue weighted by atomic mass is 9.75. The van der Waals surface area contributed by atoms with Crippen molar-refractivity contribution in [2.45, 2.75) is 103 Å². The van der Waals surface area contributed by atoms with Crippen LogP contribution in [0, 0.1) is 5.92 Å². The average Bonchev–Trinajstić information content (AvgIpc) is 2.69. The van der Waals surface area contributed by atoms with Gasteiger partial charge in [-0.1, -0.05) is 89.0 Å². The van der Waals surface area contributed by atoms with E-state index in [0.717, 1.165) is 19.3 Å². The fraction of sp³-hybridized carbons (Fsp3) is 0.654. The molecule has 2 rings (SSSR count). The van der Waals surface area contributed by atoms with Gasteiger partial charge in [0, 0.05) is 22.7 Å². The lowest BCUT2D eigenvalue weighted by molar-refractivity contribution is -0.118. The third-order valence-electron chi connectivity index (χ3n) is 5.87. The summed E-state index contributed by atoms with van der Waals surface area (Å²) in [4.78, 5) is 38.7. The molecule has 0 bridgehead atoms. The van der Waals surface area contributed by atoms with Crippen LogP contribution in [0.25, 0.3) is 0 Å². The van der Waals surface area contributed by atoms with Crippen molar-refractivity contribution >= 4 is 17.3 Å². The van der Waals surface area contributed by atoms with Gasteiger partial charge in [0.25, 0.3) is 0 Å². The van der Waals surface area contributed by atoms with E-state index in [1.165, 1.54) is 44.9 Å². The lowest BCUT2D eigenvalue weighted by Gasteiger charge is -2.34. The molecule has 0 aliphatic heterocycles. The van der Waals surface area contributed by atoms with Gasteiger partial charge in [0.05, 0.1) is 0 Å². The van der Waals surface area contributed by atoms with E-state index in [-0.39, 0.29) is 22.9 Å². The monoisotopic (exact) mass is 413 g/mol. The highest BCUT2D eigenvalue weighted by Gasteiger charge is 2.44. The van der Waals surface area contributed by atoms with Crippen LogP contribution >= 0.6 is 0 Å². The summed E-state index contributed by atoms with van der Waals surface area (Å²) in [6.07, 6.45) is 11.7. The molecule has 0 saturated carbocycles. The third-order valence-corrected chi connectivity index (χ3v) is 5.87. The summed E-state index contributed by atoms with van der Waals surface area (Å²) >= 11 is 0. The zero-order valence-electron chi connectivity index (χ0n) is 19.3. The first-order valence-electron chi connectivity index (χ1n) is 11.8. The highest BCUT2D eigenvalue weighted by Crippen LogP contribution is 2.28. The van der Waals surface area contributed by atoms with E-state index in [0.29, 0.717) is 5.56 Å². The SMILES string of the molecule is CCCCCCCCCCCC(NC(C)(C)C)C1C(=O)C(=O)c2ccccc2C1=O. The van der Waals surface area contributed by atoms with E-state index in [9.17, 15) is 14.4 Å². The van der Waals surface area contributed by atoms with E-state index in [1.807, 2.05) is 20.8 Å². The molecule has 0 radical (unpaired) electrons. The van der Waals surface area contributed by atoms with Crippen molar-refractivity contribution in [3.05, 3.63) is 35.4 Å². The molecular formula is C26H39NO3. The number of Topliss-reactive ketones (excluding diaryl/α,β-unsaturated/α-hetero) is 3. The van der Waals surface area contributed by atoms with E-state index in [4.69, 9.17) is 0 Å². The average molecular weight is 414 g/mol. The number of hydrogen-bond acceptors (Lipinski definition) is 4. The number of rotatable bonds is 12. The van der Waals surface area contributed by atoms with E-state index < -0.39 is 17.5 Å². The van der Waals surface area contributed by atoms with Crippen LogP contribution in [0.4, 0.5) is 0 Å². The number of fused-ring (bicyclic) bond motifs is 1. The van der Waals surface area contributed by atoms with Gasteiger partial charge in [0.15, 0.2) is 5.78 Å². The number of carbonyl (C=O) groups is 3. The summed E-state index contributed by atoms with van der Waals surface area (Å²) in [5.41, 5.74) is 0.394. The Hall–Kier alpha value is -1.81. The smallest absolute Gasteiger partial charge is 0.230 e. The fourth-order valence-electron chi connectivity index (χ4n) is 4.38. The summed E-state index contributed by atoms with van der Waals surface area (Å²) < 4.78 is 0. The van der Waals surface area contributed by atoms with Crippen molar-refractivity contribution in [2.75, 3.05) is 0 Å². The van der Waals surface area contributed by atoms with Gasteiger partial charge < -0.3 is 5.32 Å². The number of benzene rings is 1. The highest BCUT2D eigenvalue weighted by atomic mass is 16.2. The predicted molar refractivity (Wildman–Crippen MR) is 122 cm³/mol. The Balaban J connectivity index is 1.98. The number of ketones is 3. The Bertz CT molecular complexity index is 732. The number of hydrogen-bond donors (Lipinski definition) is 1. The molecule has 0 aromatic heterocycles. The zero-order chi connectivity index (χ0) is 22.1. The second-order valence-electron chi connectivity index (χ2n) is 9.70. The molecule has 1 aromatic carbocycles. The van der Waals surface area contributed by atoms with Gasteiger partial charge >= 0.3 is 0 Å². The second kappa shape index (κ2) is 11.5. The number of carbonyl (C=O) groups excluding carboxylic acids is 3.